The Labute approximate surface area is 160 Å². The van der Waals surface area contributed by atoms with Gasteiger partial charge in [0.25, 0.3) is 5.91 Å². The number of alkyl halides is 2. The van der Waals surface area contributed by atoms with E-state index in [4.69, 9.17) is 14.7 Å². The molecule has 146 valence electrons. The lowest BCUT2D eigenvalue weighted by Gasteiger charge is -2.13. The quantitative estimate of drug-likeness (QED) is 0.526. The molecule has 2 rings (SSSR count). The van der Waals surface area contributed by atoms with Crippen LogP contribution < -0.4 is 19.6 Å². The molecule has 0 fully saturated rings. The molecule has 2 aromatic carbocycles. The van der Waals surface area contributed by atoms with Crippen LogP contribution in [0, 0.1) is 11.3 Å². The number of nitrogens with one attached hydrogen (secondary N) is 1. The number of carbonyl (C=O) groups is 1. The summed E-state index contributed by atoms with van der Waals surface area (Å²) in [4.78, 5) is 11.8. The Balaban J connectivity index is 1.96. The van der Waals surface area contributed by atoms with E-state index in [1.54, 1.807) is 37.3 Å². The number of para-hydroxylation sites is 1. The summed E-state index contributed by atoms with van der Waals surface area (Å²) in [7, 11) is 0. The number of nitrogens with zero attached hydrogens (tertiary/aromatic N) is 2. The zero-order valence-electron chi connectivity index (χ0n) is 14.9. The summed E-state index contributed by atoms with van der Waals surface area (Å²) in [5, 5.41) is 12.4. The number of rotatable bonds is 9. The van der Waals surface area contributed by atoms with Gasteiger partial charge in [0.05, 0.1) is 24.5 Å². The molecule has 0 aliphatic rings. The lowest BCUT2D eigenvalue weighted by molar-refractivity contribution is -0.123. The van der Waals surface area contributed by atoms with E-state index in [0.29, 0.717) is 11.3 Å². The second-order valence-corrected chi connectivity index (χ2v) is 5.20. The lowest BCUT2D eigenvalue weighted by atomic mass is 10.2. The predicted molar refractivity (Wildman–Crippen MR) is 96.6 cm³/mol. The Bertz CT molecular complexity index is 864. The summed E-state index contributed by atoms with van der Waals surface area (Å²) in [5.41, 5.74) is 2.90. The van der Waals surface area contributed by atoms with E-state index in [2.05, 4.69) is 15.3 Å². The van der Waals surface area contributed by atoms with E-state index in [-0.39, 0.29) is 30.3 Å². The van der Waals surface area contributed by atoms with Crippen molar-refractivity contribution in [1.82, 2.24) is 5.43 Å². The monoisotopic (exact) mass is 389 g/mol. The summed E-state index contributed by atoms with van der Waals surface area (Å²) in [6, 6.07) is 12.8. The minimum Gasteiger partial charge on any atom is -0.490 e. The molecule has 0 aliphatic carbocycles. The highest BCUT2D eigenvalue weighted by Gasteiger charge is 2.14. The first-order valence-electron chi connectivity index (χ1n) is 8.19. The minimum absolute atomic E-state index is 0.141. The Morgan fingerprint density at radius 2 is 2.00 bits per heavy atom. The zero-order chi connectivity index (χ0) is 20.4. The Morgan fingerprint density at radius 3 is 2.64 bits per heavy atom. The third-order valence-corrected chi connectivity index (χ3v) is 3.26. The minimum atomic E-state index is -3.04. The molecular weight excluding hydrogens is 372 g/mol. The topological polar surface area (TPSA) is 92.9 Å². The lowest BCUT2D eigenvalue weighted by Crippen LogP contribution is -2.24. The van der Waals surface area contributed by atoms with Crippen LogP contribution >= 0.6 is 0 Å². The number of halogens is 2. The van der Waals surface area contributed by atoms with Gasteiger partial charge >= 0.3 is 6.61 Å². The molecule has 0 unspecified atom stereocenters. The van der Waals surface area contributed by atoms with Crippen molar-refractivity contribution in [1.29, 1.82) is 5.26 Å². The molecule has 1 N–H and O–H groups in total. The van der Waals surface area contributed by atoms with Gasteiger partial charge < -0.3 is 14.2 Å². The molecule has 0 aromatic heterocycles. The van der Waals surface area contributed by atoms with Crippen LogP contribution in [0.2, 0.25) is 0 Å². The first-order chi connectivity index (χ1) is 13.5. The molecule has 0 atom stereocenters. The van der Waals surface area contributed by atoms with Crippen LogP contribution in [0.15, 0.2) is 47.6 Å². The molecule has 0 saturated heterocycles. The first kappa shape index (κ1) is 20.6. The van der Waals surface area contributed by atoms with E-state index in [9.17, 15) is 13.6 Å². The van der Waals surface area contributed by atoms with Gasteiger partial charge in [-0.1, -0.05) is 6.07 Å². The molecule has 0 aliphatic heterocycles. The van der Waals surface area contributed by atoms with Crippen molar-refractivity contribution < 1.29 is 27.8 Å². The fraction of sp³-hybridized carbons (Fsp3) is 0.211. The standard InChI is InChI=1S/C19H17F2N3O4/c1-2-26-16-5-3-4-14(18(16)28-19(20)21)11-23-24-17(25)12-27-15-8-6-13(10-22)7-9-15/h3-9,11,19H,2,12H2,1H3,(H,24,25)/b23-11-. The maximum absolute atomic E-state index is 12.7. The van der Waals surface area contributed by atoms with Crippen LogP contribution in [0.5, 0.6) is 17.2 Å². The normalized spacial score (nSPS) is 10.5. The highest BCUT2D eigenvalue weighted by molar-refractivity contribution is 5.86. The maximum Gasteiger partial charge on any atom is 0.387 e. The van der Waals surface area contributed by atoms with Gasteiger partial charge in [-0.05, 0) is 43.3 Å². The number of ether oxygens (including phenoxy) is 3. The molecule has 0 heterocycles. The number of hydrogen-bond acceptors (Lipinski definition) is 6. The van der Waals surface area contributed by atoms with Gasteiger partial charge in [-0.2, -0.15) is 19.1 Å². The SMILES string of the molecule is CCOc1cccc(/C=N\NC(=O)COc2ccc(C#N)cc2)c1OC(F)F. The van der Waals surface area contributed by atoms with Crippen molar-refractivity contribution >= 4 is 12.1 Å². The largest absolute Gasteiger partial charge is 0.490 e. The van der Waals surface area contributed by atoms with E-state index < -0.39 is 12.5 Å². The summed E-state index contributed by atoms with van der Waals surface area (Å²) < 4.78 is 40.3. The molecule has 7 nitrogen and oxygen atoms in total. The fourth-order valence-corrected chi connectivity index (χ4v) is 2.10. The second kappa shape index (κ2) is 10.5. The van der Waals surface area contributed by atoms with Gasteiger partial charge in [-0.3, -0.25) is 4.79 Å². The van der Waals surface area contributed by atoms with Crippen LogP contribution in [0.25, 0.3) is 0 Å². The molecule has 1 amide bonds. The molecule has 28 heavy (non-hydrogen) atoms. The number of amides is 1. The van der Waals surface area contributed by atoms with Crippen molar-refractivity contribution in [3.05, 3.63) is 53.6 Å². The van der Waals surface area contributed by atoms with Crippen LogP contribution in [0.3, 0.4) is 0 Å². The van der Waals surface area contributed by atoms with Crippen LogP contribution in [-0.2, 0) is 4.79 Å². The van der Waals surface area contributed by atoms with Gasteiger partial charge in [0.1, 0.15) is 5.75 Å². The second-order valence-electron chi connectivity index (χ2n) is 5.20. The molecule has 9 heteroatoms. The summed E-state index contributed by atoms with van der Waals surface area (Å²) in [6.45, 7) is -1.38. The molecule has 0 spiro atoms. The molecular formula is C19H17F2N3O4. The summed E-state index contributed by atoms with van der Waals surface area (Å²) >= 11 is 0. The van der Waals surface area contributed by atoms with E-state index in [1.807, 2.05) is 6.07 Å². The van der Waals surface area contributed by atoms with Gasteiger partial charge in [-0.15, -0.1) is 0 Å². The zero-order valence-corrected chi connectivity index (χ0v) is 14.9. The fourth-order valence-electron chi connectivity index (χ4n) is 2.10. The average molecular weight is 389 g/mol. The van der Waals surface area contributed by atoms with Crippen LogP contribution in [0.4, 0.5) is 8.78 Å². The molecule has 0 saturated carbocycles. The Morgan fingerprint density at radius 1 is 1.25 bits per heavy atom. The number of benzene rings is 2. The highest BCUT2D eigenvalue weighted by Crippen LogP contribution is 2.31. The van der Waals surface area contributed by atoms with E-state index in [1.165, 1.54) is 18.3 Å². The highest BCUT2D eigenvalue weighted by atomic mass is 19.3. The summed E-state index contributed by atoms with van der Waals surface area (Å²) in [6.07, 6.45) is 1.17. The van der Waals surface area contributed by atoms with Gasteiger partial charge in [-0.25, -0.2) is 5.43 Å². The van der Waals surface area contributed by atoms with Crippen LogP contribution in [-0.4, -0.2) is 31.9 Å². The first-order valence-corrected chi connectivity index (χ1v) is 8.19. The summed E-state index contributed by atoms with van der Waals surface area (Å²) in [5.74, 6) is -0.179. The van der Waals surface area contributed by atoms with Gasteiger partial charge in [0.15, 0.2) is 18.1 Å². The van der Waals surface area contributed by atoms with Crippen molar-refractivity contribution in [2.24, 2.45) is 5.10 Å². The molecule has 0 bridgehead atoms. The molecule has 2 aromatic rings. The van der Waals surface area contributed by atoms with Crippen LogP contribution in [0.1, 0.15) is 18.1 Å². The van der Waals surface area contributed by atoms with Crippen molar-refractivity contribution in [2.75, 3.05) is 13.2 Å². The Kier molecular flexibility index (Phi) is 7.72. The third kappa shape index (κ3) is 6.25. The van der Waals surface area contributed by atoms with Gasteiger partial charge in [0, 0.05) is 5.56 Å². The third-order valence-electron chi connectivity index (χ3n) is 3.26. The Hall–Kier alpha value is -3.67. The van der Waals surface area contributed by atoms with Crippen molar-refractivity contribution in [2.45, 2.75) is 13.5 Å². The predicted octanol–water partition coefficient (Wildman–Crippen LogP) is 3.09. The average Bonchev–Trinajstić information content (AvgIpc) is 2.69. The number of hydrogen-bond donors (Lipinski definition) is 1. The van der Waals surface area contributed by atoms with E-state index in [0.717, 1.165) is 0 Å². The van der Waals surface area contributed by atoms with Crippen molar-refractivity contribution in [3.8, 4) is 23.3 Å². The van der Waals surface area contributed by atoms with Crippen molar-refractivity contribution in [3.63, 3.8) is 0 Å². The number of hydrazone groups is 1. The molecule has 0 radical (unpaired) electrons. The maximum atomic E-state index is 12.7. The van der Waals surface area contributed by atoms with E-state index >= 15 is 0 Å². The smallest absolute Gasteiger partial charge is 0.387 e. The van der Waals surface area contributed by atoms with Gasteiger partial charge in [0.2, 0.25) is 0 Å². The number of nitriles is 1. The number of carbonyl (C=O) groups excluding carboxylic acids is 1.